The zero-order chi connectivity index (χ0) is 18.8. The molecule has 0 fully saturated rings. The number of nitrogens with zero attached hydrogens (tertiary/aromatic N) is 1. The molecule has 0 saturated heterocycles. The Kier molecular flexibility index (Phi) is 4.84. The summed E-state index contributed by atoms with van der Waals surface area (Å²) in [6, 6.07) is 13.1. The topological polar surface area (TPSA) is 76.1 Å². The first-order chi connectivity index (χ1) is 12.5. The molecule has 136 valence electrons. The van der Waals surface area contributed by atoms with Crippen LogP contribution < -0.4 is 14.4 Å². The molecule has 1 N–H and O–H groups in total. The highest BCUT2D eigenvalue weighted by Gasteiger charge is 2.41. The Labute approximate surface area is 152 Å². The smallest absolute Gasteiger partial charge is 0.304 e. The fourth-order valence-corrected chi connectivity index (χ4v) is 3.62. The quantitative estimate of drug-likeness (QED) is 0.892. The van der Waals surface area contributed by atoms with E-state index in [-0.39, 0.29) is 18.2 Å². The van der Waals surface area contributed by atoms with Crippen molar-refractivity contribution in [2.75, 3.05) is 26.2 Å². The Morgan fingerprint density at radius 3 is 2.31 bits per heavy atom. The van der Waals surface area contributed by atoms with Crippen molar-refractivity contribution in [3.8, 4) is 11.5 Å². The molecule has 3 rings (SSSR count). The SMILES string of the molecule is COc1cc2c(cc1OC)N(C)C(=O)C(CC(=O)O)C2c1ccccc1. The largest absolute Gasteiger partial charge is 0.493 e. The van der Waals surface area contributed by atoms with Crippen LogP contribution in [0, 0.1) is 5.92 Å². The molecule has 0 radical (unpaired) electrons. The van der Waals surface area contributed by atoms with E-state index < -0.39 is 11.9 Å². The van der Waals surface area contributed by atoms with Crippen LogP contribution in [0.15, 0.2) is 42.5 Å². The fourth-order valence-electron chi connectivity index (χ4n) is 3.62. The molecule has 2 aromatic carbocycles. The number of carbonyl (C=O) groups is 2. The molecule has 0 saturated carbocycles. The number of hydrogen-bond acceptors (Lipinski definition) is 4. The van der Waals surface area contributed by atoms with Crippen molar-refractivity contribution in [1.29, 1.82) is 0 Å². The number of rotatable bonds is 5. The number of amides is 1. The van der Waals surface area contributed by atoms with E-state index in [9.17, 15) is 14.7 Å². The average molecular weight is 355 g/mol. The highest BCUT2D eigenvalue weighted by molar-refractivity contribution is 6.01. The molecular formula is C20H21NO5. The lowest BCUT2D eigenvalue weighted by atomic mass is 9.75. The Morgan fingerprint density at radius 1 is 1.12 bits per heavy atom. The molecule has 2 unspecified atom stereocenters. The standard InChI is InChI=1S/C20H21NO5/c1-21-15-11-17(26-3)16(25-2)9-13(15)19(12-7-5-4-6-8-12)14(20(21)24)10-18(22)23/h4-9,11,14,19H,10H2,1-3H3,(H,22,23). The van der Waals surface area contributed by atoms with Crippen molar-refractivity contribution in [3.05, 3.63) is 53.6 Å². The predicted octanol–water partition coefficient (Wildman–Crippen LogP) is 2.90. The van der Waals surface area contributed by atoms with Gasteiger partial charge in [-0.2, -0.15) is 0 Å². The van der Waals surface area contributed by atoms with E-state index >= 15 is 0 Å². The molecule has 0 bridgehead atoms. The van der Waals surface area contributed by atoms with Crippen LogP contribution in [0.5, 0.6) is 11.5 Å². The van der Waals surface area contributed by atoms with Gasteiger partial charge in [0.15, 0.2) is 11.5 Å². The number of fused-ring (bicyclic) bond motifs is 1. The molecule has 6 nitrogen and oxygen atoms in total. The minimum Gasteiger partial charge on any atom is -0.493 e. The number of methoxy groups -OCH3 is 2. The second-order valence-corrected chi connectivity index (χ2v) is 6.26. The summed E-state index contributed by atoms with van der Waals surface area (Å²) in [5.74, 6) is -1.21. The number of carbonyl (C=O) groups excluding carboxylic acids is 1. The van der Waals surface area contributed by atoms with Gasteiger partial charge in [-0.25, -0.2) is 0 Å². The summed E-state index contributed by atoms with van der Waals surface area (Å²) in [7, 11) is 4.74. The molecule has 0 spiro atoms. The van der Waals surface area contributed by atoms with Gasteiger partial charge in [0.05, 0.1) is 32.2 Å². The Morgan fingerprint density at radius 2 is 1.73 bits per heavy atom. The molecule has 26 heavy (non-hydrogen) atoms. The van der Waals surface area contributed by atoms with Gasteiger partial charge in [-0.05, 0) is 17.2 Å². The van der Waals surface area contributed by atoms with Crippen LogP contribution in [0.2, 0.25) is 0 Å². The van der Waals surface area contributed by atoms with Crippen LogP contribution in [0.4, 0.5) is 5.69 Å². The van der Waals surface area contributed by atoms with Crippen molar-refractivity contribution < 1.29 is 24.2 Å². The van der Waals surface area contributed by atoms with Crippen molar-refractivity contribution in [3.63, 3.8) is 0 Å². The monoisotopic (exact) mass is 355 g/mol. The van der Waals surface area contributed by atoms with E-state index in [1.807, 2.05) is 36.4 Å². The average Bonchev–Trinajstić information content (AvgIpc) is 2.65. The van der Waals surface area contributed by atoms with Crippen LogP contribution in [0.3, 0.4) is 0 Å². The second kappa shape index (κ2) is 7.07. The lowest BCUT2D eigenvalue weighted by molar-refractivity contribution is -0.141. The van der Waals surface area contributed by atoms with E-state index in [0.29, 0.717) is 17.2 Å². The minimum absolute atomic E-state index is 0.221. The van der Waals surface area contributed by atoms with Gasteiger partial charge in [0.25, 0.3) is 0 Å². The summed E-state index contributed by atoms with van der Waals surface area (Å²) in [4.78, 5) is 25.9. The maximum atomic E-state index is 13.0. The van der Waals surface area contributed by atoms with E-state index in [1.165, 1.54) is 12.0 Å². The number of benzene rings is 2. The minimum atomic E-state index is -0.999. The predicted molar refractivity (Wildman–Crippen MR) is 97.0 cm³/mol. The third kappa shape index (κ3) is 2.98. The van der Waals surface area contributed by atoms with Crippen LogP contribution in [-0.4, -0.2) is 38.3 Å². The molecule has 1 heterocycles. The van der Waals surface area contributed by atoms with Gasteiger partial charge >= 0.3 is 5.97 Å². The van der Waals surface area contributed by atoms with Crippen molar-refractivity contribution in [2.45, 2.75) is 12.3 Å². The van der Waals surface area contributed by atoms with Gasteiger partial charge in [0.2, 0.25) is 5.91 Å². The first-order valence-corrected chi connectivity index (χ1v) is 8.28. The highest BCUT2D eigenvalue weighted by atomic mass is 16.5. The van der Waals surface area contributed by atoms with Gasteiger partial charge in [-0.3, -0.25) is 9.59 Å². The fraction of sp³-hybridized carbons (Fsp3) is 0.300. The summed E-state index contributed by atoms with van der Waals surface area (Å²) in [6.45, 7) is 0. The van der Waals surface area contributed by atoms with Crippen LogP contribution in [-0.2, 0) is 9.59 Å². The maximum absolute atomic E-state index is 13.0. The van der Waals surface area contributed by atoms with Crippen molar-refractivity contribution >= 4 is 17.6 Å². The van der Waals surface area contributed by atoms with Crippen LogP contribution in [0.25, 0.3) is 0 Å². The summed E-state index contributed by atoms with van der Waals surface area (Å²) in [5, 5.41) is 9.35. The molecule has 2 aromatic rings. The van der Waals surface area contributed by atoms with Crippen molar-refractivity contribution in [1.82, 2.24) is 0 Å². The van der Waals surface area contributed by atoms with Crippen LogP contribution in [0.1, 0.15) is 23.5 Å². The first kappa shape index (κ1) is 17.8. The van der Waals surface area contributed by atoms with E-state index in [0.717, 1.165) is 11.1 Å². The first-order valence-electron chi connectivity index (χ1n) is 8.28. The van der Waals surface area contributed by atoms with Crippen LogP contribution >= 0.6 is 0 Å². The Balaban J connectivity index is 2.24. The van der Waals surface area contributed by atoms with E-state index in [1.54, 1.807) is 20.2 Å². The Hall–Kier alpha value is -3.02. The van der Waals surface area contributed by atoms with E-state index in [2.05, 4.69) is 0 Å². The molecule has 1 amide bonds. The van der Waals surface area contributed by atoms with Gasteiger partial charge < -0.3 is 19.5 Å². The molecule has 2 atom stereocenters. The molecule has 0 aliphatic carbocycles. The summed E-state index contributed by atoms with van der Waals surface area (Å²) < 4.78 is 10.8. The van der Waals surface area contributed by atoms with Gasteiger partial charge in [0.1, 0.15) is 0 Å². The zero-order valence-electron chi connectivity index (χ0n) is 14.9. The summed E-state index contributed by atoms with van der Waals surface area (Å²) in [5.41, 5.74) is 2.44. The Bertz CT molecular complexity index is 834. The molecular weight excluding hydrogens is 334 g/mol. The summed E-state index contributed by atoms with van der Waals surface area (Å²) in [6.07, 6.45) is -0.240. The highest BCUT2D eigenvalue weighted by Crippen LogP contribution is 2.48. The second-order valence-electron chi connectivity index (χ2n) is 6.26. The summed E-state index contributed by atoms with van der Waals surface area (Å²) >= 11 is 0. The van der Waals surface area contributed by atoms with Crippen molar-refractivity contribution in [2.24, 2.45) is 5.92 Å². The zero-order valence-corrected chi connectivity index (χ0v) is 14.9. The van der Waals surface area contributed by atoms with E-state index in [4.69, 9.17) is 9.47 Å². The lowest BCUT2D eigenvalue weighted by Crippen LogP contribution is -2.42. The maximum Gasteiger partial charge on any atom is 0.304 e. The third-order valence-electron chi connectivity index (χ3n) is 4.83. The lowest BCUT2D eigenvalue weighted by Gasteiger charge is -2.38. The van der Waals surface area contributed by atoms with Gasteiger partial charge in [0, 0.05) is 19.0 Å². The molecule has 1 aliphatic heterocycles. The number of carboxylic acid groups (broad SMARTS) is 1. The van der Waals surface area contributed by atoms with Gasteiger partial charge in [-0.1, -0.05) is 30.3 Å². The third-order valence-corrected chi connectivity index (χ3v) is 4.83. The molecule has 1 aliphatic rings. The normalized spacial score (nSPS) is 19.0. The number of hydrogen-bond donors (Lipinski definition) is 1. The number of anilines is 1. The van der Waals surface area contributed by atoms with Gasteiger partial charge in [-0.15, -0.1) is 0 Å². The molecule has 0 aromatic heterocycles. The number of carboxylic acids is 1. The number of aliphatic carboxylic acids is 1. The molecule has 6 heteroatoms. The number of ether oxygens (including phenoxy) is 2.